The van der Waals surface area contributed by atoms with Crippen LogP contribution in [0.1, 0.15) is 35.5 Å². The molecule has 154 valence electrons. The summed E-state index contributed by atoms with van der Waals surface area (Å²) in [5.41, 5.74) is -0.523. The van der Waals surface area contributed by atoms with E-state index in [0.29, 0.717) is 28.9 Å². The maximum Gasteiger partial charge on any atom is 0.419 e. The van der Waals surface area contributed by atoms with Crippen LogP contribution in [-0.2, 0) is 13.2 Å². The number of fused-ring (bicyclic) bond motifs is 1. The summed E-state index contributed by atoms with van der Waals surface area (Å²) >= 11 is 0. The number of alkyl halides is 3. The van der Waals surface area contributed by atoms with E-state index in [4.69, 9.17) is 4.74 Å². The van der Waals surface area contributed by atoms with E-state index in [2.05, 4.69) is 15.4 Å². The van der Waals surface area contributed by atoms with E-state index in [1.807, 2.05) is 0 Å². The molecular formula is C19H18F4N4O2. The number of hydrogen-bond donors (Lipinski definition) is 1. The molecule has 1 N–H and O–H groups in total. The largest absolute Gasteiger partial charge is 0.474 e. The first-order valence-corrected chi connectivity index (χ1v) is 8.66. The van der Waals surface area contributed by atoms with Gasteiger partial charge in [0.25, 0.3) is 5.91 Å². The van der Waals surface area contributed by atoms with Crippen LogP contribution in [0.4, 0.5) is 23.2 Å². The molecule has 2 aromatic heterocycles. The Kier molecular flexibility index (Phi) is 5.20. The quantitative estimate of drug-likeness (QED) is 0.645. The molecule has 2 heterocycles. The lowest BCUT2D eigenvalue weighted by Gasteiger charge is -2.14. The van der Waals surface area contributed by atoms with Gasteiger partial charge in [-0.1, -0.05) is 0 Å². The second-order valence-electron chi connectivity index (χ2n) is 6.73. The highest BCUT2D eigenvalue weighted by Gasteiger charge is 2.34. The first-order valence-electron chi connectivity index (χ1n) is 8.66. The Morgan fingerprint density at radius 2 is 1.93 bits per heavy atom. The molecule has 0 saturated heterocycles. The van der Waals surface area contributed by atoms with Gasteiger partial charge in [-0.2, -0.15) is 23.3 Å². The first kappa shape index (κ1) is 20.6. The van der Waals surface area contributed by atoms with Crippen LogP contribution in [0.5, 0.6) is 5.88 Å². The molecule has 3 rings (SSSR count). The fraction of sp³-hybridized carbons (Fsp3) is 0.316. The monoisotopic (exact) mass is 410 g/mol. The van der Waals surface area contributed by atoms with Crippen LogP contribution in [0.15, 0.2) is 24.3 Å². The molecule has 0 fully saturated rings. The number of hydrogen-bond acceptors (Lipinski definition) is 4. The number of halogens is 4. The number of nitrogens with zero attached hydrogens (tertiary/aromatic N) is 3. The summed E-state index contributed by atoms with van der Waals surface area (Å²) < 4.78 is 59.4. The van der Waals surface area contributed by atoms with Crippen LogP contribution in [0.2, 0.25) is 0 Å². The standard InChI is InChI=1S/C19H18F4N4O2/c1-9(2)29-18-13(8-12-10(3)26-27(4)16(12)25-18)17(28)24-11-5-6-15(20)14(7-11)19(21,22)23/h5-9H,1-4H3,(H,24,28). The fourth-order valence-electron chi connectivity index (χ4n) is 2.82. The third-order valence-electron chi connectivity index (χ3n) is 4.09. The highest BCUT2D eigenvalue weighted by molar-refractivity contribution is 6.07. The number of pyridine rings is 1. The maximum atomic E-state index is 13.5. The van der Waals surface area contributed by atoms with Gasteiger partial charge in [0.15, 0.2) is 5.65 Å². The summed E-state index contributed by atoms with van der Waals surface area (Å²) in [5, 5.41) is 7.19. The average molecular weight is 410 g/mol. The lowest BCUT2D eigenvalue weighted by atomic mass is 10.1. The molecule has 29 heavy (non-hydrogen) atoms. The lowest BCUT2D eigenvalue weighted by molar-refractivity contribution is -0.139. The molecule has 0 aliphatic heterocycles. The number of ether oxygens (including phenoxy) is 1. The molecule has 0 aliphatic rings. The number of carbonyl (C=O) groups is 1. The maximum absolute atomic E-state index is 13.5. The molecule has 0 aliphatic carbocycles. The number of aromatic nitrogens is 3. The number of anilines is 1. The summed E-state index contributed by atoms with van der Waals surface area (Å²) in [5.74, 6) is -2.14. The van der Waals surface area contributed by atoms with Crippen molar-refractivity contribution in [3.05, 3.63) is 46.9 Å². The van der Waals surface area contributed by atoms with Crippen LogP contribution >= 0.6 is 0 Å². The van der Waals surface area contributed by atoms with Crippen molar-refractivity contribution in [1.29, 1.82) is 0 Å². The van der Waals surface area contributed by atoms with Gasteiger partial charge in [-0.15, -0.1) is 0 Å². The second kappa shape index (κ2) is 7.34. The number of carbonyl (C=O) groups excluding carboxylic acids is 1. The van der Waals surface area contributed by atoms with Gasteiger partial charge in [0.1, 0.15) is 11.4 Å². The summed E-state index contributed by atoms with van der Waals surface area (Å²) in [6.07, 6.45) is -5.19. The minimum absolute atomic E-state index is 0.0196. The van der Waals surface area contributed by atoms with Crippen LogP contribution < -0.4 is 10.1 Å². The smallest absolute Gasteiger partial charge is 0.419 e. The van der Waals surface area contributed by atoms with E-state index >= 15 is 0 Å². The molecular weight excluding hydrogens is 392 g/mol. The topological polar surface area (TPSA) is 69.0 Å². The SMILES string of the molecule is Cc1nn(C)c2nc(OC(C)C)c(C(=O)Nc3ccc(F)c(C(F)(F)F)c3)cc12. The van der Waals surface area contributed by atoms with Gasteiger partial charge >= 0.3 is 6.18 Å². The minimum Gasteiger partial charge on any atom is -0.474 e. The highest BCUT2D eigenvalue weighted by atomic mass is 19.4. The Hall–Kier alpha value is -3.17. The fourth-order valence-corrected chi connectivity index (χ4v) is 2.82. The molecule has 0 atom stereocenters. The molecule has 1 aromatic carbocycles. The Morgan fingerprint density at radius 3 is 2.55 bits per heavy atom. The number of rotatable bonds is 4. The van der Waals surface area contributed by atoms with E-state index in [1.54, 1.807) is 27.8 Å². The molecule has 0 spiro atoms. The zero-order chi connectivity index (χ0) is 21.5. The van der Waals surface area contributed by atoms with Crippen molar-refractivity contribution in [2.24, 2.45) is 7.05 Å². The number of amides is 1. The third kappa shape index (κ3) is 4.15. The van der Waals surface area contributed by atoms with E-state index in [-0.39, 0.29) is 23.2 Å². The van der Waals surface area contributed by atoms with E-state index in [0.717, 1.165) is 6.07 Å². The molecule has 0 radical (unpaired) electrons. The predicted octanol–water partition coefficient (Wildman–Crippen LogP) is 4.47. The zero-order valence-corrected chi connectivity index (χ0v) is 16.1. The Balaban J connectivity index is 2.03. The van der Waals surface area contributed by atoms with E-state index in [1.165, 1.54) is 10.7 Å². The van der Waals surface area contributed by atoms with E-state index < -0.39 is 23.5 Å². The summed E-state index contributed by atoms with van der Waals surface area (Å²) in [7, 11) is 1.69. The summed E-state index contributed by atoms with van der Waals surface area (Å²) in [6, 6.07) is 3.76. The molecule has 0 bridgehead atoms. The highest BCUT2D eigenvalue weighted by Crippen LogP contribution is 2.33. The number of benzene rings is 1. The lowest BCUT2D eigenvalue weighted by Crippen LogP contribution is -2.18. The Labute approximate surface area is 163 Å². The van der Waals surface area contributed by atoms with E-state index in [9.17, 15) is 22.4 Å². The third-order valence-corrected chi connectivity index (χ3v) is 4.09. The Morgan fingerprint density at radius 1 is 1.24 bits per heavy atom. The van der Waals surface area contributed by atoms with Crippen molar-refractivity contribution in [3.63, 3.8) is 0 Å². The molecule has 1 amide bonds. The van der Waals surface area contributed by atoms with Crippen LogP contribution in [0.25, 0.3) is 11.0 Å². The van der Waals surface area contributed by atoms with Crippen LogP contribution in [-0.4, -0.2) is 26.8 Å². The van der Waals surface area contributed by atoms with Gasteiger partial charge in [0.05, 0.1) is 17.4 Å². The average Bonchev–Trinajstić information content (AvgIpc) is 2.88. The minimum atomic E-state index is -4.88. The summed E-state index contributed by atoms with van der Waals surface area (Å²) in [6.45, 7) is 5.24. The van der Waals surface area contributed by atoms with Crippen molar-refractivity contribution >= 4 is 22.6 Å². The molecule has 0 saturated carbocycles. The van der Waals surface area contributed by atoms with Gasteiger partial charge in [0.2, 0.25) is 5.88 Å². The van der Waals surface area contributed by atoms with Gasteiger partial charge < -0.3 is 10.1 Å². The normalized spacial score (nSPS) is 11.9. The predicted molar refractivity (Wildman–Crippen MR) is 98.4 cm³/mol. The zero-order valence-electron chi connectivity index (χ0n) is 16.1. The molecule has 6 nitrogen and oxygen atoms in total. The van der Waals surface area contributed by atoms with Crippen molar-refractivity contribution < 1.29 is 27.1 Å². The molecule has 3 aromatic rings. The van der Waals surface area contributed by atoms with Gasteiger partial charge in [-0.05, 0) is 45.0 Å². The number of nitrogens with one attached hydrogen (secondary N) is 1. The van der Waals surface area contributed by atoms with Crippen molar-refractivity contribution in [3.8, 4) is 5.88 Å². The van der Waals surface area contributed by atoms with Crippen molar-refractivity contribution in [1.82, 2.24) is 14.8 Å². The molecule has 10 heteroatoms. The Bertz CT molecular complexity index is 1090. The first-order chi connectivity index (χ1) is 13.5. The van der Waals surface area contributed by atoms with Crippen LogP contribution in [0, 0.1) is 12.7 Å². The number of aryl methyl sites for hydroxylation is 2. The van der Waals surface area contributed by atoms with Gasteiger partial charge in [0, 0.05) is 18.1 Å². The van der Waals surface area contributed by atoms with Gasteiger partial charge in [-0.3, -0.25) is 9.48 Å². The van der Waals surface area contributed by atoms with Gasteiger partial charge in [-0.25, -0.2) is 4.39 Å². The second-order valence-corrected chi connectivity index (χ2v) is 6.73. The van der Waals surface area contributed by atoms with Crippen molar-refractivity contribution in [2.45, 2.75) is 33.1 Å². The van der Waals surface area contributed by atoms with Crippen LogP contribution in [0.3, 0.4) is 0 Å². The summed E-state index contributed by atoms with van der Waals surface area (Å²) in [4.78, 5) is 17.1. The van der Waals surface area contributed by atoms with Crippen molar-refractivity contribution in [2.75, 3.05) is 5.32 Å². The molecule has 0 unspecified atom stereocenters.